The van der Waals surface area contributed by atoms with Crippen LogP contribution in [0.25, 0.3) is 0 Å². The normalized spacial score (nSPS) is 19.8. The molecule has 0 aliphatic carbocycles. The molecule has 0 spiro atoms. The maximum absolute atomic E-state index is 12.4. The van der Waals surface area contributed by atoms with Crippen LogP contribution in [0.4, 0.5) is 4.79 Å². The van der Waals surface area contributed by atoms with Crippen molar-refractivity contribution in [2.24, 2.45) is 4.99 Å². The molecule has 1 aromatic rings. The van der Waals surface area contributed by atoms with Crippen molar-refractivity contribution in [2.45, 2.75) is 45.7 Å². The van der Waals surface area contributed by atoms with Crippen LogP contribution >= 0.6 is 11.6 Å². The Labute approximate surface area is 172 Å². The first-order valence-corrected chi connectivity index (χ1v) is 10.1. The number of rotatable bonds is 8. The zero-order valence-electron chi connectivity index (χ0n) is 17.1. The van der Waals surface area contributed by atoms with Gasteiger partial charge in [-0.3, -0.25) is 14.7 Å². The van der Waals surface area contributed by atoms with E-state index < -0.39 is 5.54 Å². The number of nitrogens with zero attached hydrogens (tertiary/aromatic N) is 3. The van der Waals surface area contributed by atoms with E-state index in [9.17, 15) is 9.59 Å². The molecule has 1 fully saturated rings. The maximum atomic E-state index is 12.4. The van der Waals surface area contributed by atoms with Crippen LogP contribution < -0.4 is 10.6 Å². The maximum Gasteiger partial charge on any atom is 0.325 e. The molecule has 154 valence electrons. The number of carbonyl (C=O) groups is 2. The van der Waals surface area contributed by atoms with E-state index in [4.69, 9.17) is 11.6 Å². The molecule has 0 aromatic heterocycles. The highest BCUT2D eigenvalue weighted by atomic mass is 35.5. The third-order valence-corrected chi connectivity index (χ3v) is 5.14. The van der Waals surface area contributed by atoms with Crippen molar-refractivity contribution in [1.29, 1.82) is 0 Å². The van der Waals surface area contributed by atoms with Crippen molar-refractivity contribution in [3.8, 4) is 0 Å². The number of halogens is 1. The van der Waals surface area contributed by atoms with Crippen molar-refractivity contribution < 1.29 is 9.59 Å². The molecule has 1 aromatic carbocycles. The Morgan fingerprint density at radius 3 is 2.54 bits per heavy atom. The largest absolute Gasteiger partial charge is 0.357 e. The molecule has 3 amide bonds. The summed E-state index contributed by atoms with van der Waals surface area (Å²) >= 11 is 5.94. The first-order chi connectivity index (χ1) is 13.3. The number of carbonyl (C=O) groups excluding carboxylic acids is 2. The van der Waals surface area contributed by atoms with Gasteiger partial charge in [0.25, 0.3) is 5.91 Å². The summed E-state index contributed by atoms with van der Waals surface area (Å²) < 4.78 is 0. The third-order valence-electron chi connectivity index (χ3n) is 4.88. The van der Waals surface area contributed by atoms with E-state index in [0.29, 0.717) is 37.5 Å². The Hall–Kier alpha value is -2.28. The molecule has 1 aliphatic rings. The van der Waals surface area contributed by atoms with E-state index >= 15 is 0 Å². The minimum atomic E-state index is -0.784. The van der Waals surface area contributed by atoms with E-state index in [1.54, 1.807) is 6.92 Å². The van der Waals surface area contributed by atoms with Crippen LogP contribution in [0.1, 0.15) is 39.2 Å². The van der Waals surface area contributed by atoms with Crippen LogP contribution in [0.3, 0.4) is 0 Å². The minimum absolute atomic E-state index is 0.157. The van der Waals surface area contributed by atoms with E-state index in [2.05, 4.69) is 15.6 Å². The molecule has 1 atom stereocenters. The van der Waals surface area contributed by atoms with Crippen molar-refractivity contribution in [3.63, 3.8) is 0 Å². The summed E-state index contributed by atoms with van der Waals surface area (Å²) in [5.74, 6) is 0.629. The van der Waals surface area contributed by atoms with Gasteiger partial charge >= 0.3 is 6.03 Å². The number of imide groups is 1. The van der Waals surface area contributed by atoms with Crippen LogP contribution in [0.5, 0.6) is 0 Å². The lowest BCUT2D eigenvalue weighted by molar-refractivity contribution is -0.130. The van der Waals surface area contributed by atoms with Crippen LogP contribution in [0.15, 0.2) is 29.3 Å². The van der Waals surface area contributed by atoms with Gasteiger partial charge in [0.15, 0.2) is 5.96 Å². The Bertz CT molecular complexity index is 722. The van der Waals surface area contributed by atoms with Crippen molar-refractivity contribution in [3.05, 3.63) is 34.9 Å². The first-order valence-electron chi connectivity index (χ1n) is 9.68. The summed E-state index contributed by atoms with van der Waals surface area (Å²) in [6.07, 6.45) is 1.19. The Kier molecular flexibility index (Phi) is 7.69. The zero-order chi connectivity index (χ0) is 20.7. The molecule has 7 nitrogen and oxygen atoms in total. The highest BCUT2D eigenvalue weighted by Crippen LogP contribution is 2.20. The predicted octanol–water partition coefficient (Wildman–Crippen LogP) is 2.85. The van der Waals surface area contributed by atoms with Crippen LogP contribution in [-0.2, 0) is 11.3 Å². The van der Waals surface area contributed by atoms with Gasteiger partial charge in [0.2, 0.25) is 0 Å². The van der Waals surface area contributed by atoms with E-state index in [0.717, 1.165) is 18.1 Å². The molecule has 1 aliphatic heterocycles. The molecule has 1 unspecified atom stereocenters. The van der Waals surface area contributed by atoms with Gasteiger partial charge in [-0.15, -0.1) is 0 Å². The Morgan fingerprint density at radius 1 is 1.29 bits per heavy atom. The fraction of sp³-hybridized carbons (Fsp3) is 0.550. The van der Waals surface area contributed by atoms with Crippen LogP contribution in [0.2, 0.25) is 5.02 Å². The Balaban J connectivity index is 1.91. The van der Waals surface area contributed by atoms with Crippen molar-refractivity contribution in [1.82, 2.24) is 20.4 Å². The number of benzene rings is 1. The monoisotopic (exact) mass is 407 g/mol. The molecular formula is C20H30ClN5O2. The van der Waals surface area contributed by atoms with E-state index in [1.807, 2.05) is 50.1 Å². The minimum Gasteiger partial charge on any atom is -0.357 e. The van der Waals surface area contributed by atoms with E-state index in [-0.39, 0.29) is 11.9 Å². The fourth-order valence-electron chi connectivity index (χ4n) is 3.01. The molecule has 1 saturated heterocycles. The Morgan fingerprint density at radius 2 is 1.96 bits per heavy atom. The van der Waals surface area contributed by atoms with Gasteiger partial charge < -0.3 is 15.5 Å². The number of guanidine groups is 1. The summed E-state index contributed by atoms with van der Waals surface area (Å²) in [6, 6.07) is 7.41. The molecular weight excluding hydrogens is 378 g/mol. The molecule has 28 heavy (non-hydrogen) atoms. The number of amides is 3. The number of nitrogens with one attached hydrogen (secondary N) is 2. The second-order valence-electron chi connectivity index (χ2n) is 7.14. The molecule has 0 saturated carbocycles. The van der Waals surface area contributed by atoms with Gasteiger partial charge in [0.1, 0.15) is 5.54 Å². The number of aliphatic imine (C=N–C) groups is 1. The summed E-state index contributed by atoms with van der Waals surface area (Å²) in [6.45, 7) is 8.02. The number of hydrogen-bond acceptors (Lipinski definition) is 3. The van der Waals surface area contributed by atoms with Crippen molar-refractivity contribution in [2.75, 3.05) is 26.7 Å². The number of hydrogen-bond donors (Lipinski definition) is 2. The quantitative estimate of drug-likeness (QED) is 0.300. The summed E-state index contributed by atoms with van der Waals surface area (Å²) in [5, 5.41) is 6.76. The average molecular weight is 408 g/mol. The van der Waals surface area contributed by atoms with Gasteiger partial charge in [-0.1, -0.05) is 30.7 Å². The van der Waals surface area contributed by atoms with Crippen molar-refractivity contribution >= 4 is 29.5 Å². The van der Waals surface area contributed by atoms with Crippen LogP contribution in [-0.4, -0.2) is 59.9 Å². The van der Waals surface area contributed by atoms with Gasteiger partial charge in [-0.05, 0) is 44.4 Å². The zero-order valence-corrected chi connectivity index (χ0v) is 17.8. The molecule has 2 rings (SSSR count). The average Bonchev–Trinajstić information content (AvgIpc) is 2.89. The lowest BCUT2D eigenvalue weighted by Gasteiger charge is -2.22. The van der Waals surface area contributed by atoms with Crippen LogP contribution in [0, 0.1) is 0 Å². The molecule has 0 bridgehead atoms. The smallest absolute Gasteiger partial charge is 0.325 e. The highest BCUT2D eigenvalue weighted by molar-refractivity contribution is 6.30. The second-order valence-corrected chi connectivity index (χ2v) is 7.58. The van der Waals surface area contributed by atoms with Gasteiger partial charge in [0.05, 0.1) is 0 Å². The highest BCUT2D eigenvalue weighted by Gasteiger charge is 2.45. The fourth-order valence-corrected chi connectivity index (χ4v) is 3.14. The van der Waals surface area contributed by atoms with E-state index in [1.165, 1.54) is 4.90 Å². The van der Waals surface area contributed by atoms with Gasteiger partial charge in [-0.2, -0.15) is 0 Å². The molecule has 2 N–H and O–H groups in total. The SMILES string of the molecule is CCNC(=NCCCN1C(=O)NC(C)(CC)C1=O)N(C)Cc1ccc(Cl)cc1. The predicted molar refractivity (Wildman–Crippen MR) is 112 cm³/mol. The molecule has 8 heteroatoms. The van der Waals surface area contributed by atoms with Gasteiger partial charge in [-0.25, -0.2) is 4.79 Å². The topological polar surface area (TPSA) is 77.0 Å². The summed E-state index contributed by atoms with van der Waals surface area (Å²) in [7, 11) is 1.97. The number of urea groups is 1. The molecule has 0 radical (unpaired) electrons. The molecule has 1 heterocycles. The first kappa shape index (κ1) is 22.0. The lowest BCUT2D eigenvalue weighted by atomic mass is 9.99. The van der Waals surface area contributed by atoms with Gasteiger partial charge in [0, 0.05) is 38.2 Å². The third kappa shape index (κ3) is 5.38. The standard InChI is InChI=1S/C20H30ClN5O2/c1-5-20(3)17(27)26(19(28)24-20)13-7-12-23-18(22-6-2)25(4)14-15-8-10-16(21)11-9-15/h8-11H,5-7,12-14H2,1-4H3,(H,22,23)(H,24,28). The second kappa shape index (κ2) is 9.78. The summed E-state index contributed by atoms with van der Waals surface area (Å²) in [4.78, 5) is 32.4. The lowest BCUT2D eigenvalue weighted by Crippen LogP contribution is -2.43. The summed E-state index contributed by atoms with van der Waals surface area (Å²) in [5.41, 5.74) is 0.351.